The zero-order valence-corrected chi connectivity index (χ0v) is 22.9. The second-order valence-electron chi connectivity index (χ2n) is 9.81. The Kier molecular flexibility index (Phi) is 8.46. The van der Waals surface area contributed by atoms with Crippen molar-refractivity contribution < 1.29 is 4.79 Å². The zero-order chi connectivity index (χ0) is 27.2. The molecule has 0 bridgehead atoms. The highest BCUT2D eigenvalue weighted by Crippen LogP contribution is 2.27. The van der Waals surface area contributed by atoms with Gasteiger partial charge in [0.05, 0.1) is 5.69 Å². The number of amides is 1. The molecule has 1 atom stereocenters. The van der Waals surface area contributed by atoms with E-state index in [-0.39, 0.29) is 5.91 Å². The molecule has 2 aromatic heterocycles. The first-order valence-electron chi connectivity index (χ1n) is 13.0. The molecule has 1 amide bonds. The van der Waals surface area contributed by atoms with Gasteiger partial charge in [-0.25, -0.2) is 9.97 Å². The van der Waals surface area contributed by atoms with Crippen molar-refractivity contribution in [2.24, 2.45) is 0 Å². The Balaban J connectivity index is 1.22. The van der Waals surface area contributed by atoms with Crippen molar-refractivity contribution >= 4 is 28.9 Å². The van der Waals surface area contributed by atoms with Crippen LogP contribution in [0.1, 0.15) is 32.8 Å². The van der Waals surface area contributed by atoms with E-state index >= 15 is 0 Å². The highest BCUT2D eigenvalue weighted by atomic mass is 35.5. The van der Waals surface area contributed by atoms with Crippen LogP contribution in [0.3, 0.4) is 0 Å². The molecule has 0 saturated carbocycles. The standard InChI is InChI=1S/C30H32ClN7O/c1-21-5-10-25(34-30(39)23-8-6-22(7-9-23)20-38-16-14-37(2)15-17-38)18-27(21)35-28(31)29-33-13-11-26(36-29)24-4-3-12-32-19-24/h3-13,18-19,28,35H,14-17,20H2,1-2H3,(H,34,39). The number of carbonyl (C=O) groups excluding carboxylic acids is 1. The molecule has 9 heteroatoms. The summed E-state index contributed by atoms with van der Waals surface area (Å²) < 4.78 is 0. The van der Waals surface area contributed by atoms with Gasteiger partial charge in [0, 0.05) is 73.8 Å². The third-order valence-electron chi connectivity index (χ3n) is 6.85. The maximum absolute atomic E-state index is 13.0. The number of aryl methyl sites for hydroxylation is 1. The zero-order valence-electron chi connectivity index (χ0n) is 22.1. The van der Waals surface area contributed by atoms with Crippen LogP contribution in [0.15, 0.2) is 79.3 Å². The normalized spacial score (nSPS) is 15.1. The molecule has 39 heavy (non-hydrogen) atoms. The van der Waals surface area contributed by atoms with Gasteiger partial charge in [0.25, 0.3) is 5.91 Å². The third kappa shape index (κ3) is 6.97. The van der Waals surface area contributed by atoms with Crippen LogP contribution in [0.4, 0.5) is 11.4 Å². The van der Waals surface area contributed by atoms with Gasteiger partial charge >= 0.3 is 0 Å². The Morgan fingerprint density at radius 1 is 1.03 bits per heavy atom. The Bertz CT molecular complexity index is 1410. The molecule has 1 fully saturated rings. The molecule has 5 rings (SSSR count). The quantitative estimate of drug-likeness (QED) is 0.234. The molecule has 3 heterocycles. The molecule has 8 nitrogen and oxygen atoms in total. The average molecular weight is 542 g/mol. The van der Waals surface area contributed by atoms with Gasteiger partial charge in [-0.05, 0) is 67.6 Å². The van der Waals surface area contributed by atoms with E-state index in [1.165, 1.54) is 5.56 Å². The number of hydrogen-bond acceptors (Lipinski definition) is 7. The van der Waals surface area contributed by atoms with E-state index in [9.17, 15) is 4.79 Å². The molecule has 1 aliphatic heterocycles. The number of carbonyl (C=O) groups is 1. The Hall–Kier alpha value is -3.85. The van der Waals surface area contributed by atoms with Crippen molar-refractivity contribution in [2.75, 3.05) is 43.9 Å². The topological polar surface area (TPSA) is 86.3 Å². The number of hydrogen-bond donors (Lipinski definition) is 2. The molecule has 2 aromatic carbocycles. The second-order valence-corrected chi connectivity index (χ2v) is 10.2. The lowest BCUT2D eigenvalue weighted by molar-refractivity contribution is 0.102. The summed E-state index contributed by atoms with van der Waals surface area (Å²) in [7, 11) is 2.16. The van der Waals surface area contributed by atoms with Gasteiger partial charge < -0.3 is 15.5 Å². The SMILES string of the molecule is Cc1ccc(NC(=O)c2ccc(CN3CCN(C)CC3)cc2)cc1NC(Cl)c1nccc(-c2cccnc2)n1. The van der Waals surface area contributed by atoms with Crippen LogP contribution in [0.2, 0.25) is 0 Å². The molecule has 0 spiro atoms. The lowest BCUT2D eigenvalue weighted by Gasteiger charge is -2.32. The van der Waals surface area contributed by atoms with Crippen LogP contribution in [0, 0.1) is 6.92 Å². The predicted octanol–water partition coefficient (Wildman–Crippen LogP) is 5.20. The molecule has 200 valence electrons. The van der Waals surface area contributed by atoms with Crippen LogP contribution < -0.4 is 10.6 Å². The summed E-state index contributed by atoms with van der Waals surface area (Å²) in [4.78, 5) is 30.9. The van der Waals surface area contributed by atoms with Gasteiger partial charge in [-0.1, -0.05) is 29.8 Å². The van der Waals surface area contributed by atoms with Crippen molar-refractivity contribution in [2.45, 2.75) is 19.0 Å². The maximum atomic E-state index is 13.0. The number of benzene rings is 2. The fraction of sp³-hybridized carbons (Fsp3) is 0.267. The van der Waals surface area contributed by atoms with Gasteiger partial charge in [0.2, 0.25) is 0 Å². The fourth-order valence-corrected chi connectivity index (χ4v) is 4.68. The third-order valence-corrected chi connectivity index (χ3v) is 7.16. The van der Waals surface area contributed by atoms with Gasteiger partial charge in [-0.3, -0.25) is 14.7 Å². The maximum Gasteiger partial charge on any atom is 0.255 e. The van der Waals surface area contributed by atoms with Crippen LogP contribution in [-0.2, 0) is 6.54 Å². The first-order valence-corrected chi connectivity index (χ1v) is 13.4. The fourth-order valence-electron chi connectivity index (χ4n) is 4.46. The van der Waals surface area contributed by atoms with Crippen molar-refractivity contribution in [3.8, 4) is 11.3 Å². The minimum Gasteiger partial charge on any atom is -0.363 e. The lowest BCUT2D eigenvalue weighted by Crippen LogP contribution is -2.43. The number of aromatic nitrogens is 3. The highest BCUT2D eigenvalue weighted by molar-refractivity contribution is 6.21. The van der Waals surface area contributed by atoms with E-state index in [0.717, 1.165) is 55.2 Å². The van der Waals surface area contributed by atoms with Crippen molar-refractivity contribution in [1.29, 1.82) is 0 Å². The number of likely N-dealkylation sites (N-methyl/N-ethyl adjacent to an activating group) is 1. The summed E-state index contributed by atoms with van der Waals surface area (Å²) >= 11 is 6.67. The van der Waals surface area contributed by atoms with E-state index in [1.807, 2.05) is 67.6 Å². The van der Waals surface area contributed by atoms with Crippen LogP contribution in [-0.4, -0.2) is 63.9 Å². The van der Waals surface area contributed by atoms with Crippen LogP contribution in [0.25, 0.3) is 11.3 Å². The van der Waals surface area contributed by atoms with Crippen molar-refractivity contribution in [3.63, 3.8) is 0 Å². The number of nitrogens with zero attached hydrogens (tertiary/aromatic N) is 5. The molecule has 0 radical (unpaired) electrons. The van der Waals surface area contributed by atoms with Crippen molar-refractivity contribution in [3.05, 3.63) is 102 Å². The number of nitrogens with one attached hydrogen (secondary N) is 2. The van der Waals surface area contributed by atoms with E-state index in [4.69, 9.17) is 11.6 Å². The predicted molar refractivity (Wildman–Crippen MR) is 156 cm³/mol. The molecular formula is C30H32ClN7O. The van der Waals surface area contributed by atoms with Gasteiger partial charge in [0.1, 0.15) is 0 Å². The number of halogens is 1. The minimum absolute atomic E-state index is 0.161. The molecule has 0 aliphatic carbocycles. The number of anilines is 2. The molecule has 4 aromatic rings. The van der Waals surface area contributed by atoms with Crippen molar-refractivity contribution in [1.82, 2.24) is 24.8 Å². The smallest absolute Gasteiger partial charge is 0.255 e. The molecular weight excluding hydrogens is 510 g/mol. The first kappa shape index (κ1) is 26.7. The largest absolute Gasteiger partial charge is 0.363 e. The molecule has 2 N–H and O–H groups in total. The average Bonchev–Trinajstić information content (AvgIpc) is 2.97. The Labute approximate surface area is 234 Å². The number of piperazine rings is 1. The summed E-state index contributed by atoms with van der Waals surface area (Å²) in [5.74, 6) is 0.286. The van der Waals surface area contributed by atoms with Crippen LogP contribution in [0.5, 0.6) is 0 Å². The molecule has 1 unspecified atom stereocenters. The second kappa shape index (κ2) is 12.3. The Morgan fingerprint density at radius 3 is 2.56 bits per heavy atom. The van der Waals surface area contributed by atoms with E-state index in [0.29, 0.717) is 17.1 Å². The van der Waals surface area contributed by atoms with E-state index in [1.54, 1.807) is 18.6 Å². The lowest BCUT2D eigenvalue weighted by atomic mass is 10.1. The summed E-state index contributed by atoms with van der Waals surface area (Å²) in [6.07, 6.45) is 5.15. The Morgan fingerprint density at radius 2 is 1.82 bits per heavy atom. The van der Waals surface area contributed by atoms with Gasteiger partial charge in [-0.15, -0.1) is 0 Å². The van der Waals surface area contributed by atoms with Crippen LogP contribution >= 0.6 is 11.6 Å². The highest BCUT2D eigenvalue weighted by Gasteiger charge is 2.16. The van der Waals surface area contributed by atoms with E-state index < -0.39 is 5.50 Å². The summed E-state index contributed by atoms with van der Waals surface area (Å²) in [6, 6.07) is 19.1. The number of pyridine rings is 1. The number of rotatable bonds is 8. The van der Waals surface area contributed by atoms with E-state index in [2.05, 4.69) is 42.4 Å². The molecule has 1 aliphatic rings. The van der Waals surface area contributed by atoms with Gasteiger partial charge in [-0.2, -0.15) is 0 Å². The first-order chi connectivity index (χ1) is 18.9. The summed E-state index contributed by atoms with van der Waals surface area (Å²) in [5.41, 5.74) is 5.22. The van der Waals surface area contributed by atoms with Gasteiger partial charge in [0.15, 0.2) is 11.3 Å². The number of alkyl halides is 1. The molecule has 1 saturated heterocycles. The summed E-state index contributed by atoms with van der Waals surface area (Å²) in [5, 5.41) is 6.27. The minimum atomic E-state index is -0.667. The monoisotopic (exact) mass is 541 g/mol. The summed E-state index contributed by atoms with van der Waals surface area (Å²) in [6.45, 7) is 7.18.